The number of ether oxygens (including phenoxy) is 2. The van der Waals surface area contributed by atoms with Gasteiger partial charge in [0.1, 0.15) is 11.5 Å². The van der Waals surface area contributed by atoms with Gasteiger partial charge in [0.25, 0.3) is 5.91 Å². The van der Waals surface area contributed by atoms with Crippen LogP contribution < -0.4 is 14.9 Å². The number of esters is 1. The van der Waals surface area contributed by atoms with Crippen molar-refractivity contribution in [1.29, 1.82) is 0 Å². The van der Waals surface area contributed by atoms with Gasteiger partial charge in [-0.25, -0.2) is 10.2 Å². The van der Waals surface area contributed by atoms with Crippen LogP contribution in [-0.2, 0) is 4.79 Å². The van der Waals surface area contributed by atoms with E-state index in [-0.39, 0.29) is 18.1 Å². The summed E-state index contributed by atoms with van der Waals surface area (Å²) in [5, 5.41) is 3.93. The van der Waals surface area contributed by atoms with E-state index >= 15 is 0 Å². The molecule has 3 rings (SSSR count). The molecule has 1 heterocycles. The molecule has 7 nitrogen and oxygen atoms in total. The van der Waals surface area contributed by atoms with E-state index in [0.29, 0.717) is 11.3 Å². The molecular weight excluding hydrogens is 452 g/mol. The highest BCUT2D eigenvalue weighted by Crippen LogP contribution is 2.23. The van der Waals surface area contributed by atoms with E-state index in [1.165, 1.54) is 18.5 Å². The first-order valence-corrected chi connectivity index (χ1v) is 9.79. The van der Waals surface area contributed by atoms with Gasteiger partial charge in [0.15, 0.2) is 6.61 Å². The number of hydrogen-bond acceptors (Lipinski definition) is 6. The summed E-state index contributed by atoms with van der Waals surface area (Å²) < 4.78 is 16.7. The standard InChI is InChI=1S/C22H19BrN2O5/c1-14-5-3-6-15(2)21(14)29-13-20(26)25-24-12-16-11-17(23)8-9-18(16)30-22(27)19-7-4-10-28-19/h3-12H,13H2,1-2H3,(H,25,26)/b24-12-. The largest absolute Gasteiger partial charge is 0.483 e. The molecule has 0 atom stereocenters. The number of para-hydroxylation sites is 1. The molecule has 0 saturated carbocycles. The smallest absolute Gasteiger partial charge is 0.379 e. The van der Waals surface area contributed by atoms with Gasteiger partial charge in [-0.15, -0.1) is 0 Å². The fourth-order valence-electron chi connectivity index (χ4n) is 2.63. The van der Waals surface area contributed by atoms with E-state index in [9.17, 15) is 9.59 Å². The Bertz CT molecular complexity index is 1060. The lowest BCUT2D eigenvalue weighted by molar-refractivity contribution is -0.123. The number of carbonyl (C=O) groups is 2. The van der Waals surface area contributed by atoms with Crippen molar-refractivity contribution in [2.24, 2.45) is 5.10 Å². The van der Waals surface area contributed by atoms with Crippen molar-refractivity contribution in [3.63, 3.8) is 0 Å². The van der Waals surface area contributed by atoms with Crippen molar-refractivity contribution < 1.29 is 23.5 Å². The van der Waals surface area contributed by atoms with E-state index in [4.69, 9.17) is 13.9 Å². The SMILES string of the molecule is Cc1cccc(C)c1OCC(=O)N/N=C\c1cc(Br)ccc1OC(=O)c1ccco1. The van der Waals surface area contributed by atoms with Gasteiger partial charge in [0.05, 0.1) is 12.5 Å². The average Bonchev–Trinajstić information content (AvgIpc) is 3.24. The second kappa shape index (κ2) is 9.89. The first kappa shape index (κ1) is 21.3. The third-order valence-electron chi connectivity index (χ3n) is 4.05. The Balaban J connectivity index is 1.62. The van der Waals surface area contributed by atoms with Crippen LogP contribution in [0.15, 0.2) is 68.8 Å². The third-order valence-corrected chi connectivity index (χ3v) is 4.54. The normalized spacial score (nSPS) is 10.8. The van der Waals surface area contributed by atoms with Crippen LogP contribution in [0, 0.1) is 13.8 Å². The number of nitrogens with zero attached hydrogens (tertiary/aromatic N) is 1. The van der Waals surface area contributed by atoms with E-state index in [1.807, 2.05) is 32.0 Å². The Morgan fingerprint density at radius 3 is 2.60 bits per heavy atom. The summed E-state index contributed by atoms with van der Waals surface area (Å²) in [4.78, 5) is 24.2. The topological polar surface area (TPSA) is 90.1 Å². The molecule has 1 N–H and O–H groups in total. The van der Waals surface area contributed by atoms with Gasteiger partial charge in [-0.05, 0) is 55.3 Å². The molecule has 0 spiro atoms. The maximum absolute atomic E-state index is 12.1. The van der Waals surface area contributed by atoms with Crippen LogP contribution >= 0.6 is 15.9 Å². The summed E-state index contributed by atoms with van der Waals surface area (Å²) >= 11 is 3.36. The molecule has 0 aliphatic heterocycles. The number of nitrogens with one attached hydrogen (secondary N) is 1. The molecule has 8 heteroatoms. The molecule has 1 amide bonds. The van der Waals surface area contributed by atoms with E-state index < -0.39 is 11.9 Å². The maximum Gasteiger partial charge on any atom is 0.379 e. The van der Waals surface area contributed by atoms with Crippen LogP contribution in [0.25, 0.3) is 0 Å². The zero-order chi connectivity index (χ0) is 21.5. The molecule has 0 fully saturated rings. The molecule has 1 aromatic heterocycles. The lowest BCUT2D eigenvalue weighted by Crippen LogP contribution is -2.25. The molecule has 0 saturated heterocycles. The van der Waals surface area contributed by atoms with Gasteiger partial charge >= 0.3 is 5.97 Å². The average molecular weight is 471 g/mol. The van der Waals surface area contributed by atoms with Gasteiger partial charge in [-0.1, -0.05) is 34.1 Å². The van der Waals surface area contributed by atoms with Crippen LogP contribution in [-0.4, -0.2) is 24.7 Å². The second-order valence-corrected chi connectivity index (χ2v) is 7.27. The number of halogens is 1. The van der Waals surface area contributed by atoms with Crippen molar-refractivity contribution in [2.75, 3.05) is 6.61 Å². The Morgan fingerprint density at radius 2 is 1.90 bits per heavy atom. The van der Waals surface area contributed by atoms with Crippen LogP contribution in [0.2, 0.25) is 0 Å². The first-order valence-electron chi connectivity index (χ1n) is 9.00. The Hall–Kier alpha value is -3.39. The molecule has 0 aliphatic rings. The number of hydrazone groups is 1. The van der Waals surface area contributed by atoms with Gasteiger partial charge < -0.3 is 13.9 Å². The lowest BCUT2D eigenvalue weighted by atomic mass is 10.1. The van der Waals surface area contributed by atoms with Gasteiger partial charge in [-0.3, -0.25) is 4.79 Å². The number of furan rings is 1. The number of aryl methyl sites for hydroxylation is 2. The molecule has 30 heavy (non-hydrogen) atoms. The van der Waals surface area contributed by atoms with Crippen LogP contribution in [0.3, 0.4) is 0 Å². The zero-order valence-electron chi connectivity index (χ0n) is 16.3. The first-order chi connectivity index (χ1) is 14.4. The van der Waals surface area contributed by atoms with E-state index in [1.54, 1.807) is 24.3 Å². The minimum absolute atomic E-state index is 0.0813. The predicted molar refractivity (Wildman–Crippen MR) is 115 cm³/mol. The molecule has 0 aliphatic carbocycles. The van der Waals surface area contributed by atoms with E-state index in [2.05, 4.69) is 26.5 Å². The fraction of sp³-hybridized carbons (Fsp3) is 0.136. The molecular formula is C22H19BrN2O5. The molecule has 0 unspecified atom stereocenters. The summed E-state index contributed by atoms with van der Waals surface area (Å²) in [6.07, 6.45) is 2.77. The number of carbonyl (C=O) groups excluding carboxylic acids is 2. The molecule has 0 bridgehead atoms. The summed E-state index contributed by atoms with van der Waals surface area (Å²) in [7, 11) is 0. The quantitative estimate of drug-likeness (QED) is 0.239. The number of benzene rings is 2. The summed E-state index contributed by atoms with van der Waals surface area (Å²) in [6.45, 7) is 3.65. The Labute approximate surface area is 181 Å². The van der Waals surface area contributed by atoms with Crippen molar-refractivity contribution in [2.45, 2.75) is 13.8 Å². The van der Waals surface area contributed by atoms with Crippen molar-refractivity contribution >= 4 is 34.0 Å². The van der Waals surface area contributed by atoms with Gasteiger partial charge in [0, 0.05) is 10.0 Å². The Morgan fingerprint density at radius 1 is 1.13 bits per heavy atom. The summed E-state index contributed by atoms with van der Waals surface area (Å²) in [5.74, 6) is -0.0288. The van der Waals surface area contributed by atoms with Crippen LogP contribution in [0.1, 0.15) is 27.2 Å². The minimum Gasteiger partial charge on any atom is -0.483 e. The number of hydrogen-bond donors (Lipinski definition) is 1. The van der Waals surface area contributed by atoms with Crippen molar-refractivity contribution in [1.82, 2.24) is 5.43 Å². The highest BCUT2D eigenvalue weighted by molar-refractivity contribution is 9.10. The van der Waals surface area contributed by atoms with Gasteiger partial charge in [0.2, 0.25) is 5.76 Å². The number of rotatable bonds is 7. The lowest BCUT2D eigenvalue weighted by Gasteiger charge is -2.10. The highest BCUT2D eigenvalue weighted by Gasteiger charge is 2.14. The minimum atomic E-state index is -0.636. The molecule has 0 radical (unpaired) electrons. The van der Waals surface area contributed by atoms with Crippen molar-refractivity contribution in [3.05, 3.63) is 81.7 Å². The second-order valence-electron chi connectivity index (χ2n) is 6.35. The molecule has 2 aromatic carbocycles. The monoisotopic (exact) mass is 470 g/mol. The fourth-order valence-corrected chi connectivity index (χ4v) is 3.01. The van der Waals surface area contributed by atoms with Crippen LogP contribution in [0.4, 0.5) is 0 Å². The summed E-state index contributed by atoms with van der Waals surface area (Å²) in [5.41, 5.74) is 4.78. The predicted octanol–water partition coefficient (Wildman–Crippen LogP) is 4.41. The molecule has 3 aromatic rings. The zero-order valence-corrected chi connectivity index (χ0v) is 17.9. The number of amides is 1. The Kier molecular flexibility index (Phi) is 7.03. The third kappa shape index (κ3) is 5.57. The van der Waals surface area contributed by atoms with Gasteiger partial charge in [-0.2, -0.15) is 5.10 Å². The molecule has 154 valence electrons. The highest BCUT2D eigenvalue weighted by atomic mass is 79.9. The van der Waals surface area contributed by atoms with E-state index in [0.717, 1.165) is 15.6 Å². The van der Waals surface area contributed by atoms with Crippen molar-refractivity contribution in [3.8, 4) is 11.5 Å². The maximum atomic E-state index is 12.1. The summed E-state index contributed by atoms with van der Waals surface area (Å²) in [6, 6.07) is 13.9. The van der Waals surface area contributed by atoms with Crippen LogP contribution in [0.5, 0.6) is 11.5 Å².